The molecule has 0 saturated carbocycles. The van der Waals surface area contributed by atoms with Crippen LogP contribution in [0.15, 0.2) is 30.5 Å². The Bertz CT molecular complexity index is 410. The van der Waals surface area contributed by atoms with Crippen LogP contribution in [0.3, 0.4) is 0 Å². The zero-order valence-corrected chi connectivity index (χ0v) is 8.05. The maximum absolute atomic E-state index is 5.85. The molecule has 0 aliphatic heterocycles. The summed E-state index contributed by atoms with van der Waals surface area (Å²) in [7, 11) is 0. The van der Waals surface area contributed by atoms with E-state index in [1.54, 1.807) is 29.1 Å². The fourth-order valence-corrected chi connectivity index (χ4v) is 1.30. The van der Waals surface area contributed by atoms with Crippen molar-refractivity contribution in [3.05, 3.63) is 46.7 Å². The van der Waals surface area contributed by atoms with Crippen molar-refractivity contribution in [2.24, 2.45) is 0 Å². The minimum Gasteiger partial charge on any atom is -0.240 e. The van der Waals surface area contributed by atoms with Crippen LogP contribution >= 0.6 is 23.2 Å². The molecule has 0 fully saturated rings. The molecular formula is C9H5Cl2N2. The second-order valence-electron chi connectivity index (χ2n) is 2.49. The van der Waals surface area contributed by atoms with Crippen molar-refractivity contribution in [3.63, 3.8) is 0 Å². The highest BCUT2D eigenvalue weighted by atomic mass is 35.5. The van der Waals surface area contributed by atoms with Crippen LogP contribution in [0.2, 0.25) is 10.0 Å². The molecular weight excluding hydrogens is 207 g/mol. The lowest BCUT2D eigenvalue weighted by Crippen LogP contribution is -1.93. The summed E-state index contributed by atoms with van der Waals surface area (Å²) in [4.78, 5) is 0. The maximum Gasteiger partial charge on any atom is 0.113 e. The lowest BCUT2D eigenvalue weighted by Gasteiger charge is -2.01. The fourth-order valence-electron chi connectivity index (χ4n) is 1.00. The molecule has 0 saturated heterocycles. The van der Waals surface area contributed by atoms with E-state index < -0.39 is 0 Å². The van der Waals surface area contributed by atoms with Gasteiger partial charge in [-0.05, 0) is 24.3 Å². The number of hydrogen-bond donors (Lipinski definition) is 0. The smallest absolute Gasteiger partial charge is 0.113 e. The molecule has 0 aliphatic carbocycles. The summed E-state index contributed by atoms with van der Waals surface area (Å²) in [5, 5.41) is 5.01. The molecule has 0 aliphatic rings. The number of halogens is 2. The standard InChI is InChI=1S/C9H5Cl2N2/c10-8-3-2-7(6-9(8)11)13-5-1-4-12-13/h1-3,5-6H. The zero-order chi connectivity index (χ0) is 9.26. The van der Waals surface area contributed by atoms with Crippen molar-refractivity contribution in [2.75, 3.05) is 0 Å². The Hall–Kier alpha value is -0.990. The summed E-state index contributed by atoms with van der Waals surface area (Å²) in [5.41, 5.74) is 0.871. The van der Waals surface area contributed by atoms with Gasteiger partial charge in [-0.15, -0.1) is 0 Å². The lowest BCUT2D eigenvalue weighted by molar-refractivity contribution is 0.877. The first-order valence-corrected chi connectivity index (χ1v) is 4.40. The molecule has 1 aromatic carbocycles. The van der Waals surface area contributed by atoms with Crippen molar-refractivity contribution < 1.29 is 0 Å². The summed E-state index contributed by atoms with van der Waals surface area (Å²) in [5.74, 6) is 0. The second-order valence-corrected chi connectivity index (χ2v) is 3.30. The molecule has 65 valence electrons. The largest absolute Gasteiger partial charge is 0.240 e. The molecule has 0 spiro atoms. The molecule has 4 heteroatoms. The van der Waals surface area contributed by atoms with Gasteiger partial charge in [-0.2, -0.15) is 5.10 Å². The molecule has 2 rings (SSSR count). The third-order valence-corrected chi connectivity index (χ3v) is 2.36. The lowest BCUT2D eigenvalue weighted by atomic mass is 10.3. The molecule has 0 N–H and O–H groups in total. The Balaban J connectivity index is 2.49. The summed E-state index contributed by atoms with van der Waals surface area (Å²) in [6.07, 6.45) is 4.49. The molecule has 2 nitrogen and oxygen atoms in total. The van der Waals surface area contributed by atoms with Gasteiger partial charge in [0.2, 0.25) is 0 Å². The first-order chi connectivity index (χ1) is 6.27. The van der Waals surface area contributed by atoms with Gasteiger partial charge < -0.3 is 0 Å². The molecule has 1 heterocycles. The van der Waals surface area contributed by atoms with Gasteiger partial charge in [0.15, 0.2) is 0 Å². The summed E-state index contributed by atoms with van der Waals surface area (Å²) < 4.78 is 1.67. The Kier molecular flexibility index (Phi) is 2.25. The SMILES string of the molecule is Clc1ccc(-n2cc[c]n2)cc1Cl. The van der Waals surface area contributed by atoms with Crippen LogP contribution in [-0.2, 0) is 0 Å². The average Bonchev–Trinajstić information content (AvgIpc) is 2.62. The van der Waals surface area contributed by atoms with Crippen molar-refractivity contribution in [1.82, 2.24) is 9.78 Å². The number of nitrogens with zero attached hydrogens (tertiary/aromatic N) is 2. The number of aromatic nitrogens is 2. The first kappa shape index (κ1) is 8.60. The van der Waals surface area contributed by atoms with Crippen LogP contribution < -0.4 is 0 Å². The molecule has 1 aromatic heterocycles. The number of hydrogen-bond acceptors (Lipinski definition) is 1. The highest BCUT2D eigenvalue weighted by molar-refractivity contribution is 6.42. The fraction of sp³-hybridized carbons (Fsp3) is 0. The van der Waals surface area contributed by atoms with Gasteiger partial charge in [0, 0.05) is 6.20 Å². The van der Waals surface area contributed by atoms with Crippen molar-refractivity contribution in [3.8, 4) is 5.69 Å². The Morgan fingerprint density at radius 2 is 2.08 bits per heavy atom. The van der Waals surface area contributed by atoms with E-state index in [0.29, 0.717) is 10.0 Å². The number of benzene rings is 1. The molecule has 0 atom stereocenters. The van der Waals surface area contributed by atoms with Crippen LogP contribution in [0.4, 0.5) is 0 Å². The Labute approximate surface area is 85.7 Å². The van der Waals surface area contributed by atoms with E-state index in [0.717, 1.165) is 5.69 Å². The second kappa shape index (κ2) is 3.40. The van der Waals surface area contributed by atoms with Crippen LogP contribution in [-0.4, -0.2) is 9.78 Å². The predicted octanol–water partition coefficient (Wildman–Crippen LogP) is 2.98. The van der Waals surface area contributed by atoms with Gasteiger partial charge in [0.05, 0.1) is 15.7 Å². The normalized spacial score (nSPS) is 10.3. The third kappa shape index (κ3) is 1.69. The van der Waals surface area contributed by atoms with Gasteiger partial charge in [-0.25, -0.2) is 4.68 Å². The molecule has 2 aromatic rings. The quantitative estimate of drug-likeness (QED) is 0.710. The molecule has 1 radical (unpaired) electrons. The molecule has 0 amide bonds. The van der Waals surface area contributed by atoms with Crippen molar-refractivity contribution in [2.45, 2.75) is 0 Å². The number of rotatable bonds is 1. The maximum atomic E-state index is 5.85. The molecule has 0 unspecified atom stereocenters. The van der Waals surface area contributed by atoms with E-state index in [1.165, 1.54) is 0 Å². The highest BCUT2D eigenvalue weighted by Crippen LogP contribution is 2.23. The third-order valence-electron chi connectivity index (χ3n) is 1.62. The Morgan fingerprint density at radius 1 is 1.23 bits per heavy atom. The van der Waals surface area contributed by atoms with Crippen molar-refractivity contribution >= 4 is 23.2 Å². The van der Waals surface area contributed by atoms with Crippen LogP contribution in [0.5, 0.6) is 0 Å². The van der Waals surface area contributed by atoms with E-state index >= 15 is 0 Å². The first-order valence-electron chi connectivity index (χ1n) is 3.64. The van der Waals surface area contributed by atoms with Crippen LogP contribution in [0.1, 0.15) is 0 Å². The topological polar surface area (TPSA) is 17.8 Å². The zero-order valence-electron chi connectivity index (χ0n) is 6.54. The van der Waals surface area contributed by atoms with Crippen molar-refractivity contribution in [1.29, 1.82) is 0 Å². The minimum atomic E-state index is 0.523. The minimum absolute atomic E-state index is 0.523. The van der Waals surface area contributed by atoms with Crippen LogP contribution in [0.25, 0.3) is 5.69 Å². The van der Waals surface area contributed by atoms with E-state index in [2.05, 4.69) is 11.3 Å². The van der Waals surface area contributed by atoms with Gasteiger partial charge in [0.1, 0.15) is 6.20 Å². The van der Waals surface area contributed by atoms with Gasteiger partial charge in [0.25, 0.3) is 0 Å². The summed E-state index contributed by atoms with van der Waals surface area (Å²) in [6.45, 7) is 0. The molecule has 0 bridgehead atoms. The van der Waals surface area contributed by atoms with E-state index in [1.807, 2.05) is 6.07 Å². The molecule has 13 heavy (non-hydrogen) atoms. The van der Waals surface area contributed by atoms with Gasteiger partial charge in [-0.1, -0.05) is 23.2 Å². The van der Waals surface area contributed by atoms with Crippen LogP contribution in [0, 0.1) is 6.20 Å². The average molecular weight is 212 g/mol. The van der Waals surface area contributed by atoms with E-state index in [4.69, 9.17) is 23.2 Å². The van der Waals surface area contributed by atoms with E-state index in [-0.39, 0.29) is 0 Å². The Morgan fingerprint density at radius 3 is 2.69 bits per heavy atom. The van der Waals surface area contributed by atoms with E-state index in [9.17, 15) is 0 Å². The monoisotopic (exact) mass is 211 g/mol. The van der Waals surface area contributed by atoms with Gasteiger partial charge in [-0.3, -0.25) is 0 Å². The van der Waals surface area contributed by atoms with Gasteiger partial charge >= 0.3 is 0 Å². The summed E-state index contributed by atoms with van der Waals surface area (Å²) in [6, 6.07) is 7.06. The highest BCUT2D eigenvalue weighted by Gasteiger charge is 2.00. The summed E-state index contributed by atoms with van der Waals surface area (Å²) >= 11 is 11.6. The predicted molar refractivity (Wildman–Crippen MR) is 52.4 cm³/mol.